The van der Waals surface area contributed by atoms with Crippen LogP contribution in [0.4, 0.5) is 0 Å². The highest BCUT2D eigenvalue weighted by Gasteiger charge is 2.57. The number of rotatable bonds is 30. The van der Waals surface area contributed by atoms with Gasteiger partial charge in [-0.3, -0.25) is 40.7 Å². The van der Waals surface area contributed by atoms with Crippen molar-refractivity contribution >= 4 is 31.8 Å². The molecule has 0 amide bonds. The SMILES string of the molecule is CO[C@H]1O[C@H](CO[Si](C)(C)C(C)(C)C(C)C)[C@@H](OP(=O)(OCc2ccccc2)OCc2ccccc2)[C@H](OP(=O)(OCc2ccccc2)OCc2ccccc2)[C@@H]1OP(=O)(OCc1ccccc1)OCc1ccccc1. The minimum atomic E-state index is -4.88. The van der Waals surface area contributed by atoms with E-state index in [1.54, 1.807) is 72.8 Å². The van der Waals surface area contributed by atoms with Crippen molar-refractivity contribution in [2.24, 2.45) is 5.92 Å². The zero-order chi connectivity index (χ0) is 54.1. The minimum Gasteiger partial charge on any atom is -0.414 e. The lowest BCUT2D eigenvalue weighted by Crippen LogP contribution is -2.62. The summed E-state index contributed by atoms with van der Waals surface area (Å²) < 4.78 is 124. The molecule has 408 valence electrons. The molecular formula is C57H71O15P3Si. The molecule has 1 fully saturated rings. The van der Waals surface area contributed by atoms with Crippen molar-refractivity contribution in [3.63, 3.8) is 0 Å². The van der Waals surface area contributed by atoms with E-state index >= 15 is 13.7 Å². The van der Waals surface area contributed by atoms with Gasteiger partial charge in [0.25, 0.3) is 0 Å². The Kier molecular flexibility index (Phi) is 21.9. The third-order valence-electron chi connectivity index (χ3n) is 13.6. The molecular weight excluding hydrogens is 1050 g/mol. The summed E-state index contributed by atoms with van der Waals surface area (Å²) in [6.07, 6.45) is -8.00. The van der Waals surface area contributed by atoms with Gasteiger partial charge in [0, 0.05) is 7.11 Å². The van der Waals surface area contributed by atoms with Crippen LogP contribution >= 0.6 is 23.5 Å². The molecule has 76 heavy (non-hydrogen) atoms. The van der Waals surface area contributed by atoms with Crippen LogP contribution in [-0.4, -0.2) is 52.7 Å². The largest absolute Gasteiger partial charge is 0.475 e. The summed E-state index contributed by atoms with van der Waals surface area (Å²) in [7, 11) is -15.8. The Morgan fingerprint density at radius 2 is 0.711 bits per heavy atom. The van der Waals surface area contributed by atoms with Gasteiger partial charge in [-0.1, -0.05) is 210 Å². The first-order valence-electron chi connectivity index (χ1n) is 25.3. The lowest BCUT2D eigenvalue weighted by atomic mass is 9.99. The maximum absolute atomic E-state index is 15.8. The molecule has 1 heterocycles. The summed E-state index contributed by atoms with van der Waals surface area (Å²) in [5, 5.41) is -0.280. The fourth-order valence-corrected chi connectivity index (χ4v) is 14.2. The molecule has 0 N–H and O–H groups in total. The van der Waals surface area contributed by atoms with Crippen molar-refractivity contribution in [3.8, 4) is 0 Å². The first-order valence-corrected chi connectivity index (χ1v) is 32.5. The average molecular weight is 1120 g/mol. The van der Waals surface area contributed by atoms with Crippen molar-refractivity contribution in [2.75, 3.05) is 13.7 Å². The first kappa shape index (κ1) is 59.4. The molecule has 19 heteroatoms. The Morgan fingerprint density at radius 3 is 0.974 bits per heavy atom. The second-order valence-electron chi connectivity index (χ2n) is 19.6. The van der Waals surface area contributed by atoms with E-state index in [4.69, 9.17) is 54.6 Å². The first-order chi connectivity index (χ1) is 36.5. The highest BCUT2D eigenvalue weighted by atomic mass is 31.2. The van der Waals surface area contributed by atoms with Crippen LogP contribution < -0.4 is 0 Å². The van der Waals surface area contributed by atoms with Gasteiger partial charge in [-0.25, -0.2) is 13.7 Å². The van der Waals surface area contributed by atoms with Gasteiger partial charge >= 0.3 is 23.5 Å². The monoisotopic (exact) mass is 1120 g/mol. The maximum atomic E-state index is 15.8. The lowest BCUT2D eigenvalue weighted by molar-refractivity contribution is -0.286. The summed E-state index contributed by atoms with van der Waals surface area (Å²) in [6.45, 7) is 11.2. The summed E-state index contributed by atoms with van der Waals surface area (Å²) in [6, 6.07) is 54.4. The Labute approximate surface area is 449 Å². The van der Waals surface area contributed by atoms with E-state index in [-0.39, 0.29) is 57.2 Å². The summed E-state index contributed by atoms with van der Waals surface area (Å²) in [5.74, 6) is 0.211. The van der Waals surface area contributed by atoms with Gasteiger partial charge in [-0.2, -0.15) is 0 Å². The molecule has 0 radical (unpaired) electrons. The Balaban J connectivity index is 1.37. The van der Waals surface area contributed by atoms with Crippen molar-refractivity contribution in [2.45, 2.75) is 116 Å². The van der Waals surface area contributed by atoms with E-state index < -0.39 is 62.5 Å². The predicted molar refractivity (Wildman–Crippen MR) is 293 cm³/mol. The molecule has 1 saturated heterocycles. The van der Waals surface area contributed by atoms with Gasteiger partial charge in [0.05, 0.1) is 46.2 Å². The number of hydrogen-bond donors (Lipinski definition) is 0. The van der Waals surface area contributed by atoms with Crippen molar-refractivity contribution < 1.29 is 68.3 Å². The van der Waals surface area contributed by atoms with Gasteiger partial charge in [0.1, 0.15) is 24.4 Å². The summed E-state index contributed by atoms with van der Waals surface area (Å²) in [5.41, 5.74) is 3.91. The molecule has 1 aliphatic heterocycles. The quantitative estimate of drug-likeness (QED) is 0.0309. The third-order valence-corrected chi connectivity index (χ3v) is 22.3. The minimum absolute atomic E-state index is 0.198. The van der Waals surface area contributed by atoms with Gasteiger partial charge in [-0.05, 0) is 57.4 Å². The summed E-state index contributed by atoms with van der Waals surface area (Å²) in [4.78, 5) is 0. The van der Waals surface area contributed by atoms with Crippen LogP contribution in [-0.2, 0) is 108 Å². The molecule has 5 atom stereocenters. The molecule has 0 saturated carbocycles. The average Bonchev–Trinajstić information content (AvgIpc) is 3.46. The zero-order valence-corrected chi connectivity index (χ0v) is 47.9. The van der Waals surface area contributed by atoms with Crippen molar-refractivity contribution in [3.05, 3.63) is 215 Å². The number of ether oxygens (including phenoxy) is 2. The van der Waals surface area contributed by atoms with Crippen LogP contribution in [0.5, 0.6) is 0 Å². The van der Waals surface area contributed by atoms with Gasteiger partial charge in [-0.15, -0.1) is 0 Å². The highest BCUT2D eigenvalue weighted by molar-refractivity contribution is 7.49. The smallest absolute Gasteiger partial charge is 0.414 e. The fourth-order valence-electron chi connectivity index (χ4n) is 7.84. The Bertz CT molecular complexity index is 2640. The third kappa shape index (κ3) is 17.4. The second-order valence-corrected chi connectivity index (χ2v) is 29.0. The number of methoxy groups -OCH3 is 1. The molecule has 0 aromatic heterocycles. The van der Waals surface area contributed by atoms with Gasteiger partial charge in [0.15, 0.2) is 14.6 Å². The predicted octanol–water partition coefficient (Wildman–Crippen LogP) is 14.8. The number of benzene rings is 6. The van der Waals surface area contributed by atoms with E-state index in [0.717, 1.165) is 0 Å². The lowest BCUT2D eigenvalue weighted by Gasteiger charge is -2.48. The molecule has 15 nitrogen and oxygen atoms in total. The second kappa shape index (κ2) is 28.1. The van der Waals surface area contributed by atoms with Crippen LogP contribution in [0.15, 0.2) is 182 Å². The highest BCUT2D eigenvalue weighted by Crippen LogP contribution is 2.61. The van der Waals surface area contributed by atoms with Crippen LogP contribution in [0.2, 0.25) is 18.1 Å². The van der Waals surface area contributed by atoms with Crippen LogP contribution in [0, 0.1) is 5.92 Å². The number of phosphoric ester groups is 3. The van der Waals surface area contributed by atoms with Crippen molar-refractivity contribution in [1.29, 1.82) is 0 Å². The van der Waals surface area contributed by atoms with Crippen LogP contribution in [0.1, 0.15) is 61.1 Å². The zero-order valence-electron chi connectivity index (χ0n) is 44.2. The molecule has 1 aliphatic rings. The maximum Gasteiger partial charge on any atom is 0.475 e. The molecule has 0 spiro atoms. The number of hydrogen-bond acceptors (Lipinski definition) is 15. The standard InChI is InChI=1S/C57H71O15P3Si/c1-45(2)57(3,4)76(6,7)68-44-52-53(70-73(58,62-38-46-26-14-8-15-27-46)63-39-47-28-16-9-17-29-47)54(71-74(59,64-40-48-30-18-10-19-31-48)65-41-49-32-20-11-21-33-49)55(56(61-5)69-52)72-75(60,66-42-50-34-22-12-23-35-50)67-43-51-36-24-13-25-37-51/h8-37,45,52-56H,38-44H2,1-7H3/t52-,53-,54+,55+,56+/m1/s1. The van der Waals surface area contributed by atoms with E-state index in [9.17, 15) is 0 Å². The normalized spacial score (nSPS) is 18.7. The molecule has 6 aromatic carbocycles. The van der Waals surface area contributed by atoms with Crippen LogP contribution in [0.25, 0.3) is 0 Å². The van der Waals surface area contributed by atoms with Gasteiger partial charge < -0.3 is 13.9 Å². The summed E-state index contributed by atoms with van der Waals surface area (Å²) >= 11 is 0. The molecule has 0 bridgehead atoms. The Hall–Kier alpha value is -4.25. The fraction of sp³-hybridized carbons (Fsp3) is 0.368. The Morgan fingerprint density at radius 1 is 0.447 bits per heavy atom. The number of phosphoric acid groups is 3. The topological polar surface area (TPSA) is 162 Å². The van der Waals surface area contributed by atoms with E-state index in [2.05, 4.69) is 40.8 Å². The van der Waals surface area contributed by atoms with E-state index in [1.165, 1.54) is 7.11 Å². The molecule has 0 aliphatic carbocycles. The van der Waals surface area contributed by atoms with Crippen LogP contribution in [0.3, 0.4) is 0 Å². The molecule has 7 rings (SSSR count). The van der Waals surface area contributed by atoms with Crippen molar-refractivity contribution in [1.82, 2.24) is 0 Å². The van der Waals surface area contributed by atoms with E-state index in [1.807, 2.05) is 109 Å². The molecule has 6 aromatic rings. The molecule has 0 unspecified atom stereocenters. The van der Waals surface area contributed by atoms with Gasteiger partial charge in [0.2, 0.25) is 0 Å². The van der Waals surface area contributed by atoms with E-state index in [0.29, 0.717) is 33.4 Å².